The number of hydrogen-bond donors (Lipinski definition) is 2. The Morgan fingerprint density at radius 1 is 1.08 bits per heavy atom. The van der Waals surface area contributed by atoms with Crippen LogP contribution in [0.5, 0.6) is 0 Å². The molecular formula is C20H38O4. The molecule has 0 radical (unpaired) electrons. The third kappa shape index (κ3) is 7.98. The van der Waals surface area contributed by atoms with E-state index >= 15 is 0 Å². The first-order valence-corrected chi connectivity index (χ1v) is 9.75. The molecule has 1 aliphatic rings. The third-order valence-corrected chi connectivity index (χ3v) is 5.74. The highest BCUT2D eigenvalue weighted by atomic mass is 16.5. The minimum atomic E-state index is -0.711. The number of hydrogen-bond acceptors (Lipinski definition) is 3. The molecule has 0 aromatic rings. The molecule has 0 aromatic carbocycles. The second kappa shape index (κ2) is 10.4. The number of carbonyl (C=O) groups is 1. The number of ether oxygens (including phenoxy) is 1. The van der Waals surface area contributed by atoms with Crippen LogP contribution in [0.25, 0.3) is 0 Å². The molecule has 142 valence electrons. The molecule has 0 aromatic heterocycles. The number of unbranched alkanes of at least 4 members (excludes halogenated alkanes) is 4. The van der Waals surface area contributed by atoms with E-state index in [4.69, 9.17) is 9.84 Å². The monoisotopic (exact) mass is 342 g/mol. The van der Waals surface area contributed by atoms with Gasteiger partial charge in [0.25, 0.3) is 0 Å². The molecule has 0 amide bonds. The number of rotatable bonds is 15. The zero-order valence-corrected chi connectivity index (χ0v) is 16.0. The van der Waals surface area contributed by atoms with E-state index in [1.165, 1.54) is 38.5 Å². The van der Waals surface area contributed by atoms with Gasteiger partial charge in [-0.2, -0.15) is 0 Å². The van der Waals surface area contributed by atoms with Crippen LogP contribution in [-0.2, 0) is 9.53 Å². The Morgan fingerprint density at radius 2 is 1.67 bits per heavy atom. The Morgan fingerprint density at radius 3 is 2.12 bits per heavy atom. The average molecular weight is 343 g/mol. The van der Waals surface area contributed by atoms with Crippen molar-refractivity contribution < 1.29 is 19.7 Å². The predicted octanol–water partition coefficient (Wildman–Crippen LogP) is 4.79. The van der Waals surface area contributed by atoms with Gasteiger partial charge in [-0.15, -0.1) is 0 Å². The molecule has 0 bridgehead atoms. The van der Waals surface area contributed by atoms with Crippen molar-refractivity contribution in [2.45, 2.75) is 96.5 Å². The Hall–Kier alpha value is -0.610. The van der Waals surface area contributed by atoms with E-state index in [0.29, 0.717) is 5.92 Å². The van der Waals surface area contributed by atoms with Crippen LogP contribution in [-0.4, -0.2) is 35.5 Å². The molecule has 0 spiro atoms. The van der Waals surface area contributed by atoms with E-state index in [1.807, 2.05) is 7.11 Å². The van der Waals surface area contributed by atoms with Gasteiger partial charge in [0.15, 0.2) is 0 Å². The van der Waals surface area contributed by atoms with Crippen LogP contribution in [0, 0.1) is 11.3 Å². The van der Waals surface area contributed by atoms with Crippen LogP contribution in [0.1, 0.15) is 90.9 Å². The number of aliphatic carboxylic acids is 1. The SMILES string of the molecule is COC1(CCCCCC(CO)CCCCCC(C)(C)C(=O)O)CC1. The molecule has 1 aliphatic carbocycles. The number of carboxylic acids is 1. The van der Waals surface area contributed by atoms with Gasteiger partial charge in [-0.3, -0.25) is 4.79 Å². The van der Waals surface area contributed by atoms with Gasteiger partial charge < -0.3 is 14.9 Å². The van der Waals surface area contributed by atoms with E-state index in [9.17, 15) is 9.90 Å². The number of methoxy groups -OCH3 is 1. The molecule has 1 saturated carbocycles. The first-order chi connectivity index (χ1) is 11.4. The van der Waals surface area contributed by atoms with Gasteiger partial charge in [0.1, 0.15) is 0 Å². The molecule has 0 heterocycles. The molecule has 0 aliphatic heterocycles. The summed E-state index contributed by atoms with van der Waals surface area (Å²) < 4.78 is 5.54. The maximum Gasteiger partial charge on any atom is 0.309 e. The summed E-state index contributed by atoms with van der Waals surface area (Å²) in [6, 6.07) is 0. The summed E-state index contributed by atoms with van der Waals surface area (Å²) in [6.45, 7) is 3.87. The Kier molecular flexibility index (Phi) is 9.28. The summed E-state index contributed by atoms with van der Waals surface area (Å²) >= 11 is 0. The fourth-order valence-electron chi connectivity index (χ4n) is 3.36. The molecule has 4 heteroatoms. The maximum atomic E-state index is 11.1. The first kappa shape index (κ1) is 21.4. The van der Waals surface area contributed by atoms with Gasteiger partial charge >= 0.3 is 5.97 Å². The normalized spacial score (nSPS) is 17.7. The summed E-state index contributed by atoms with van der Waals surface area (Å²) in [5.41, 5.74) is -0.391. The van der Waals surface area contributed by atoms with Gasteiger partial charge in [-0.1, -0.05) is 38.5 Å². The lowest BCUT2D eigenvalue weighted by Gasteiger charge is -2.19. The van der Waals surface area contributed by atoms with Crippen molar-refractivity contribution >= 4 is 5.97 Å². The number of aliphatic hydroxyl groups excluding tert-OH is 1. The summed E-state index contributed by atoms with van der Waals surface area (Å²) in [5, 5.41) is 18.6. The van der Waals surface area contributed by atoms with Crippen molar-refractivity contribution in [2.75, 3.05) is 13.7 Å². The molecule has 4 nitrogen and oxygen atoms in total. The fourth-order valence-corrected chi connectivity index (χ4v) is 3.36. The van der Waals surface area contributed by atoms with Crippen molar-refractivity contribution in [1.29, 1.82) is 0 Å². The third-order valence-electron chi connectivity index (χ3n) is 5.74. The Balaban J connectivity index is 2.01. The van der Waals surface area contributed by atoms with Gasteiger partial charge in [-0.25, -0.2) is 0 Å². The highest BCUT2D eigenvalue weighted by molar-refractivity contribution is 5.73. The van der Waals surface area contributed by atoms with E-state index in [1.54, 1.807) is 13.8 Å². The van der Waals surface area contributed by atoms with Crippen LogP contribution in [0.15, 0.2) is 0 Å². The minimum absolute atomic E-state index is 0.222. The van der Waals surface area contributed by atoms with Gasteiger partial charge in [0.2, 0.25) is 0 Å². The van der Waals surface area contributed by atoms with Crippen molar-refractivity contribution in [2.24, 2.45) is 11.3 Å². The van der Waals surface area contributed by atoms with Crippen LogP contribution >= 0.6 is 0 Å². The summed E-state index contributed by atoms with van der Waals surface area (Å²) in [5.74, 6) is -0.299. The molecule has 1 rings (SSSR count). The average Bonchev–Trinajstić information content (AvgIpc) is 3.32. The van der Waals surface area contributed by atoms with Crippen LogP contribution < -0.4 is 0 Å². The molecule has 1 unspecified atom stereocenters. The van der Waals surface area contributed by atoms with E-state index in [0.717, 1.165) is 38.5 Å². The van der Waals surface area contributed by atoms with E-state index in [-0.39, 0.29) is 12.2 Å². The molecule has 1 atom stereocenters. The largest absolute Gasteiger partial charge is 0.481 e. The lowest BCUT2D eigenvalue weighted by Crippen LogP contribution is -2.23. The standard InChI is InChI=1S/C20H38O4/c1-19(2,18(22)23)12-8-4-6-10-17(16-21)11-7-5-9-13-20(24-3)14-15-20/h17,21H,4-16H2,1-3H3,(H,22,23). The Bertz CT molecular complexity index is 361. The molecule has 24 heavy (non-hydrogen) atoms. The first-order valence-electron chi connectivity index (χ1n) is 9.75. The zero-order chi connectivity index (χ0) is 18.1. The van der Waals surface area contributed by atoms with E-state index < -0.39 is 11.4 Å². The highest BCUT2D eigenvalue weighted by Gasteiger charge is 2.41. The Labute approximate surface area is 148 Å². The molecular weight excluding hydrogens is 304 g/mol. The fraction of sp³-hybridized carbons (Fsp3) is 0.950. The van der Waals surface area contributed by atoms with Crippen LogP contribution in [0.2, 0.25) is 0 Å². The van der Waals surface area contributed by atoms with Crippen LogP contribution in [0.4, 0.5) is 0 Å². The quantitative estimate of drug-likeness (QED) is 0.420. The van der Waals surface area contributed by atoms with Gasteiger partial charge in [0.05, 0.1) is 11.0 Å². The lowest BCUT2D eigenvalue weighted by atomic mass is 9.86. The van der Waals surface area contributed by atoms with E-state index in [2.05, 4.69) is 0 Å². The second-order valence-corrected chi connectivity index (χ2v) is 8.32. The summed E-state index contributed by atoms with van der Waals surface area (Å²) in [4.78, 5) is 11.1. The summed E-state index contributed by atoms with van der Waals surface area (Å²) in [7, 11) is 1.83. The predicted molar refractivity (Wildman–Crippen MR) is 97.1 cm³/mol. The van der Waals surface area contributed by atoms with Gasteiger partial charge in [-0.05, 0) is 58.3 Å². The molecule has 0 saturated heterocycles. The van der Waals surface area contributed by atoms with Crippen molar-refractivity contribution in [3.8, 4) is 0 Å². The topological polar surface area (TPSA) is 66.8 Å². The minimum Gasteiger partial charge on any atom is -0.481 e. The summed E-state index contributed by atoms with van der Waals surface area (Å²) in [6.07, 6.45) is 13.3. The molecule has 2 N–H and O–H groups in total. The number of carboxylic acid groups (broad SMARTS) is 1. The highest BCUT2D eigenvalue weighted by Crippen LogP contribution is 2.43. The molecule has 1 fully saturated rings. The second-order valence-electron chi connectivity index (χ2n) is 8.32. The van der Waals surface area contributed by atoms with Gasteiger partial charge in [0, 0.05) is 13.7 Å². The van der Waals surface area contributed by atoms with Crippen LogP contribution in [0.3, 0.4) is 0 Å². The van der Waals surface area contributed by atoms with Crippen molar-refractivity contribution in [3.05, 3.63) is 0 Å². The van der Waals surface area contributed by atoms with Crippen molar-refractivity contribution in [1.82, 2.24) is 0 Å². The number of aliphatic hydroxyl groups is 1. The maximum absolute atomic E-state index is 11.1. The smallest absolute Gasteiger partial charge is 0.309 e. The lowest BCUT2D eigenvalue weighted by molar-refractivity contribution is -0.147. The zero-order valence-electron chi connectivity index (χ0n) is 16.0. The van der Waals surface area contributed by atoms with Crippen molar-refractivity contribution in [3.63, 3.8) is 0 Å².